The highest BCUT2D eigenvalue weighted by atomic mass is 19.1. The molecular formula is C33H52FN7O4. The largest absolute Gasteiger partial charge is 0.434 e. The van der Waals surface area contributed by atoms with E-state index in [4.69, 9.17) is 9.47 Å². The molecule has 3 heterocycles. The van der Waals surface area contributed by atoms with Gasteiger partial charge in [0.25, 0.3) is 11.8 Å². The number of carbonyl (C=O) groups is 1. The molecule has 0 aliphatic carbocycles. The van der Waals surface area contributed by atoms with Crippen molar-refractivity contribution in [2.75, 3.05) is 71.5 Å². The summed E-state index contributed by atoms with van der Waals surface area (Å²) in [6.07, 6.45) is 4.17. The van der Waals surface area contributed by atoms with Gasteiger partial charge >= 0.3 is 0 Å². The molecule has 2 unspecified atom stereocenters. The molecule has 12 heteroatoms. The van der Waals surface area contributed by atoms with Crippen LogP contribution in [0.3, 0.4) is 0 Å². The molecule has 2 aliphatic rings. The molecule has 0 saturated carbocycles. The third-order valence-corrected chi connectivity index (χ3v) is 9.15. The van der Waals surface area contributed by atoms with E-state index in [0.717, 1.165) is 52.0 Å². The maximum atomic E-state index is 14.3. The number of amides is 1. The molecular weight excluding hydrogens is 577 g/mol. The van der Waals surface area contributed by atoms with Crippen molar-refractivity contribution in [3.8, 4) is 11.6 Å². The molecule has 4 rings (SSSR count). The second-order valence-corrected chi connectivity index (χ2v) is 13.4. The molecule has 1 N–H and O–H groups in total. The van der Waals surface area contributed by atoms with Gasteiger partial charge in [-0.2, -0.15) is 0 Å². The van der Waals surface area contributed by atoms with Gasteiger partial charge < -0.3 is 29.3 Å². The highest BCUT2D eigenvalue weighted by molar-refractivity contribution is 5.97. The lowest BCUT2D eigenvalue weighted by Gasteiger charge is -2.53. The van der Waals surface area contributed by atoms with Crippen LogP contribution in [0.25, 0.3) is 0 Å². The first-order valence-electron chi connectivity index (χ1n) is 16.3. The Hall–Kier alpha value is -2.93. The fourth-order valence-electron chi connectivity index (χ4n) is 6.93. The highest BCUT2D eigenvalue weighted by Crippen LogP contribution is 2.44. The van der Waals surface area contributed by atoms with E-state index >= 15 is 0 Å². The Kier molecular flexibility index (Phi) is 12.1. The van der Waals surface area contributed by atoms with E-state index in [1.807, 2.05) is 20.8 Å². The summed E-state index contributed by atoms with van der Waals surface area (Å²) in [6.45, 7) is 16.5. The lowest BCUT2D eigenvalue weighted by molar-refractivity contribution is -0.0347. The molecule has 0 radical (unpaired) electrons. The predicted octanol–water partition coefficient (Wildman–Crippen LogP) is 3.93. The number of aliphatic hydroxyl groups is 1. The summed E-state index contributed by atoms with van der Waals surface area (Å²) in [5.41, 5.74) is 0.318. The summed E-state index contributed by atoms with van der Waals surface area (Å²) in [5.74, 6) is 0.752. The molecule has 2 aromatic rings. The number of aromatic nitrogens is 3. The topological polar surface area (TPSA) is 107 Å². The van der Waals surface area contributed by atoms with E-state index in [9.17, 15) is 14.3 Å². The summed E-state index contributed by atoms with van der Waals surface area (Å²) in [7, 11) is 3.66. The van der Waals surface area contributed by atoms with Crippen LogP contribution >= 0.6 is 0 Å². The summed E-state index contributed by atoms with van der Waals surface area (Å²) in [6, 6.07) is 4.42. The average molecular weight is 630 g/mol. The minimum atomic E-state index is -0.508. The standard InChI is InChI=1S/C33H52FN7O4/c1-8-41(24(4)5)32(43)27-16-25(34)11-12-29(27)45-31-30(35-22-36-37-31)39-15-13-33(19-39)20-40(21-33)28(23(2)3)10-9-14-38(6)17-26(42)18-44-7/h11-12,16,22-24,26,28,42H,8-10,13-15,17-21H2,1-7H3. The Balaban J connectivity index is 1.39. The fourth-order valence-corrected chi connectivity index (χ4v) is 6.93. The lowest BCUT2D eigenvalue weighted by Crippen LogP contribution is -2.62. The third-order valence-electron chi connectivity index (χ3n) is 9.15. The number of nitrogens with zero attached hydrogens (tertiary/aromatic N) is 7. The number of benzene rings is 1. The van der Waals surface area contributed by atoms with E-state index < -0.39 is 11.9 Å². The van der Waals surface area contributed by atoms with Gasteiger partial charge in [-0.15, -0.1) is 10.2 Å². The number of carbonyl (C=O) groups excluding carboxylic acids is 1. The second kappa shape index (κ2) is 15.6. The molecule has 2 atom stereocenters. The van der Waals surface area contributed by atoms with Crippen molar-refractivity contribution in [1.82, 2.24) is 29.9 Å². The van der Waals surface area contributed by atoms with Gasteiger partial charge in [-0.05, 0) is 77.7 Å². The Morgan fingerprint density at radius 3 is 2.62 bits per heavy atom. The zero-order valence-electron chi connectivity index (χ0n) is 28.1. The van der Waals surface area contributed by atoms with Gasteiger partial charge in [-0.3, -0.25) is 9.69 Å². The number of anilines is 1. The summed E-state index contributed by atoms with van der Waals surface area (Å²) in [5, 5.41) is 18.2. The van der Waals surface area contributed by atoms with Crippen LogP contribution < -0.4 is 9.64 Å². The van der Waals surface area contributed by atoms with Gasteiger partial charge in [0.05, 0.1) is 18.3 Å². The Bertz CT molecular complexity index is 1260. The Morgan fingerprint density at radius 2 is 1.96 bits per heavy atom. The monoisotopic (exact) mass is 629 g/mol. The first kappa shape index (κ1) is 34.9. The van der Waals surface area contributed by atoms with E-state index in [1.54, 1.807) is 12.0 Å². The zero-order valence-corrected chi connectivity index (χ0v) is 28.1. The molecule has 250 valence electrons. The highest BCUT2D eigenvalue weighted by Gasteiger charge is 2.50. The van der Waals surface area contributed by atoms with Crippen LogP contribution in [-0.4, -0.2) is 126 Å². The number of hydrogen-bond donors (Lipinski definition) is 1. The summed E-state index contributed by atoms with van der Waals surface area (Å²) >= 11 is 0. The van der Waals surface area contributed by atoms with Gasteiger partial charge in [0.2, 0.25) is 0 Å². The van der Waals surface area contributed by atoms with E-state index in [1.165, 1.54) is 24.5 Å². The number of likely N-dealkylation sites (tertiary alicyclic amines) is 1. The number of methoxy groups -OCH3 is 1. The SMILES string of the molecule is CCN(C(=O)c1cc(F)ccc1Oc1nncnc1N1CCC2(C1)CN(C(CCCN(C)CC(O)COC)C(C)C)C2)C(C)C. The van der Waals surface area contributed by atoms with Gasteiger partial charge in [-0.1, -0.05) is 13.8 Å². The van der Waals surface area contributed by atoms with Crippen molar-refractivity contribution in [3.05, 3.63) is 35.9 Å². The Morgan fingerprint density at radius 1 is 1.20 bits per heavy atom. The lowest BCUT2D eigenvalue weighted by atomic mass is 9.76. The van der Waals surface area contributed by atoms with Crippen LogP contribution in [0.4, 0.5) is 10.2 Å². The van der Waals surface area contributed by atoms with Crippen molar-refractivity contribution in [1.29, 1.82) is 0 Å². The first-order chi connectivity index (χ1) is 21.5. The molecule has 2 aliphatic heterocycles. The van der Waals surface area contributed by atoms with Gasteiger partial charge in [0.15, 0.2) is 5.82 Å². The van der Waals surface area contributed by atoms with E-state index in [0.29, 0.717) is 37.5 Å². The van der Waals surface area contributed by atoms with Crippen LogP contribution in [0.15, 0.2) is 24.5 Å². The number of likely N-dealkylation sites (N-methyl/N-ethyl adjacent to an activating group) is 1. The van der Waals surface area contributed by atoms with E-state index in [-0.39, 0.29) is 34.6 Å². The predicted molar refractivity (Wildman–Crippen MR) is 172 cm³/mol. The third kappa shape index (κ3) is 8.66. The fraction of sp³-hybridized carbons (Fsp3) is 0.697. The number of hydrogen-bond acceptors (Lipinski definition) is 10. The quantitative estimate of drug-likeness (QED) is 0.294. The number of aliphatic hydroxyl groups excluding tert-OH is 1. The molecule has 0 bridgehead atoms. The van der Waals surface area contributed by atoms with Crippen LogP contribution in [-0.2, 0) is 4.74 Å². The number of halogens is 1. The molecule has 1 aromatic carbocycles. The first-order valence-corrected chi connectivity index (χ1v) is 16.3. The molecule has 45 heavy (non-hydrogen) atoms. The normalized spacial score (nSPS) is 17.7. The van der Waals surface area contributed by atoms with Crippen molar-refractivity contribution in [2.24, 2.45) is 11.3 Å². The van der Waals surface area contributed by atoms with Gasteiger partial charge in [-0.25, -0.2) is 9.37 Å². The van der Waals surface area contributed by atoms with E-state index in [2.05, 4.69) is 50.8 Å². The minimum Gasteiger partial charge on any atom is -0.434 e. The van der Waals surface area contributed by atoms with Crippen LogP contribution in [0.5, 0.6) is 11.6 Å². The zero-order chi connectivity index (χ0) is 32.7. The number of ether oxygens (including phenoxy) is 2. The minimum absolute atomic E-state index is 0.0491. The number of rotatable bonds is 16. The molecule has 1 amide bonds. The summed E-state index contributed by atoms with van der Waals surface area (Å²) in [4.78, 5) is 26.5. The van der Waals surface area contributed by atoms with Crippen molar-refractivity contribution >= 4 is 11.7 Å². The van der Waals surface area contributed by atoms with Gasteiger partial charge in [0, 0.05) is 63.9 Å². The molecule has 11 nitrogen and oxygen atoms in total. The molecule has 1 spiro atoms. The summed E-state index contributed by atoms with van der Waals surface area (Å²) < 4.78 is 25.5. The Labute approximate surface area is 267 Å². The van der Waals surface area contributed by atoms with Crippen molar-refractivity contribution in [3.63, 3.8) is 0 Å². The molecule has 2 fully saturated rings. The average Bonchev–Trinajstić information content (AvgIpc) is 3.42. The van der Waals surface area contributed by atoms with Crippen molar-refractivity contribution < 1.29 is 23.8 Å². The second-order valence-electron chi connectivity index (χ2n) is 13.4. The molecule has 2 saturated heterocycles. The maximum absolute atomic E-state index is 14.3. The maximum Gasteiger partial charge on any atom is 0.282 e. The van der Waals surface area contributed by atoms with Crippen LogP contribution in [0.2, 0.25) is 0 Å². The van der Waals surface area contributed by atoms with Crippen LogP contribution in [0, 0.1) is 17.2 Å². The molecule has 1 aromatic heterocycles. The van der Waals surface area contributed by atoms with Gasteiger partial charge in [0.1, 0.15) is 17.9 Å². The van der Waals surface area contributed by atoms with Crippen LogP contribution in [0.1, 0.15) is 64.2 Å². The van der Waals surface area contributed by atoms with Crippen molar-refractivity contribution in [2.45, 2.75) is 72.1 Å². The smallest absolute Gasteiger partial charge is 0.282 e.